The Labute approximate surface area is 110 Å². The van der Waals surface area contributed by atoms with Crippen LogP contribution in [0.3, 0.4) is 0 Å². The van der Waals surface area contributed by atoms with Crippen LogP contribution in [0.15, 0.2) is 18.5 Å². The SMILES string of the molecule is CCCCN(CCO)c1cncc(NCCC)c1. The Morgan fingerprint density at radius 2 is 2.06 bits per heavy atom. The molecule has 0 fully saturated rings. The lowest BCUT2D eigenvalue weighted by atomic mass is 10.2. The van der Waals surface area contributed by atoms with Crippen LogP contribution in [0.4, 0.5) is 11.4 Å². The van der Waals surface area contributed by atoms with Crippen LogP contribution in [-0.4, -0.2) is 36.3 Å². The molecule has 1 aromatic rings. The van der Waals surface area contributed by atoms with Gasteiger partial charge in [-0.1, -0.05) is 20.3 Å². The van der Waals surface area contributed by atoms with Gasteiger partial charge in [0.25, 0.3) is 0 Å². The topological polar surface area (TPSA) is 48.4 Å². The van der Waals surface area contributed by atoms with Gasteiger partial charge in [-0.3, -0.25) is 4.98 Å². The Kier molecular flexibility index (Phi) is 7.18. The minimum Gasteiger partial charge on any atom is -0.395 e. The van der Waals surface area contributed by atoms with Crippen molar-refractivity contribution in [1.29, 1.82) is 0 Å². The second-order valence-corrected chi connectivity index (χ2v) is 4.42. The van der Waals surface area contributed by atoms with Crippen LogP contribution in [0, 0.1) is 0 Å². The van der Waals surface area contributed by atoms with E-state index in [-0.39, 0.29) is 6.61 Å². The number of hydrogen-bond acceptors (Lipinski definition) is 4. The number of aliphatic hydroxyl groups excluding tert-OH is 1. The molecule has 0 radical (unpaired) electrons. The van der Waals surface area contributed by atoms with Gasteiger partial charge in [0.1, 0.15) is 0 Å². The summed E-state index contributed by atoms with van der Waals surface area (Å²) in [6, 6.07) is 2.11. The van der Waals surface area contributed by atoms with E-state index in [2.05, 4.69) is 35.1 Å². The summed E-state index contributed by atoms with van der Waals surface area (Å²) in [4.78, 5) is 6.45. The summed E-state index contributed by atoms with van der Waals surface area (Å²) in [7, 11) is 0. The number of nitrogens with zero attached hydrogens (tertiary/aromatic N) is 2. The molecule has 1 rings (SSSR count). The van der Waals surface area contributed by atoms with Crippen LogP contribution in [0.5, 0.6) is 0 Å². The van der Waals surface area contributed by atoms with Crippen molar-refractivity contribution in [3.63, 3.8) is 0 Å². The van der Waals surface area contributed by atoms with E-state index < -0.39 is 0 Å². The van der Waals surface area contributed by atoms with Crippen LogP contribution in [0.1, 0.15) is 33.1 Å². The lowest BCUT2D eigenvalue weighted by Gasteiger charge is -2.24. The average molecular weight is 251 g/mol. The van der Waals surface area contributed by atoms with Crippen LogP contribution in [0.25, 0.3) is 0 Å². The van der Waals surface area contributed by atoms with Crippen molar-refractivity contribution in [1.82, 2.24) is 4.98 Å². The van der Waals surface area contributed by atoms with Gasteiger partial charge in [-0.15, -0.1) is 0 Å². The fourth-order valence-corrected chi connectivity index (χ4v) is 1.81. The first kappa shape index (κ1) is 14.8. The zero-order chi connectivity index (χ0) is 13.2. The number of aliphatic hydroxyl groups is 1. The zero-order valence-corrected chi connectivity index (χ0v) is 11.5. The van der Waals surface area contributed by atoms with Gasteiger partial charge in [0.2, 0.25) is 0 Å². The Hall–Kier alpha value is -1.29. The van der Waals surface area contributed by atoms with E-state index >= 15 is 0 Å². The van der Waals surface area contributed by atoms with Gasteiger partial charge in [-0.25, -0.2) is 0 Å². The summed E-state index contributed by atoms with van der Waals surface area (Å²) < 4.78 is 0. The second-order valence-electron chi connectivity index (χ2n) is 4.42. The molecule has 0 bridgehead atoms. The molecule has 102 valence electrons. The van der Waals surface area contributed by atoms with Crippen molar-refractivity contribution in [2.45, 2.75) is 33.1 Å². The van der Waals surface area contributed by atoms with Crippen molar-refractivity contribution in [2.75, 3.05) is 36.5 Å². The number of anilines is 2. The predicted molar refractivity (Wildman–Crippen MR) is 77.2 cm³/mol. The first-order chi connectivity index (χ1) is 8.81. The first-order valence-electron chi connectivity index (χ1n) is 6.86. The molecule has 1 aromatic heterocycles. The monoisotopic (exact) mass is 251 g/mol. The zero-order valence-electron chi connectivity index (χ0n) is 11.5. The first-order valence-corrected chi connectivity index (χ1v) is 6.86. The highest BCUT2D eigenvalue weighted by molar-refractivity contribution is 5.55. The Balaban J connectivity index is 2.70. The maximum absolute atomic E-state index is 9.13. The fraction of sp³-hybridized carbons (Fsp3) is 0.643. The lowest BCUT2D eigenvalue weighted by Crippen LogP contribution is -2.27. The summed E-state index contributed by atoms with van der Waals surface area (Å²) in [5.41, 5.74) is 2.13. The number of pyridine rings is 1. The van der Waals surface area contributed by atoms with Crippen molar-refractivity contribution in [3.05, 3.63) is 18.5 Å². The number of hydrogen-bond donors (Lipinski definition) is 2. The van der Waals surface area contributed by atoms with Crippen molar-refractivity contribution in [2.24, 2.45) is 0 Å². The van der Waals surface area contributed by atoms with E-state index in [1.54, 1.807) is 0 Å². The molecule has 0 amide bonds. The molecule has 1 heterocycles. The maximum atomic E-state index is 9.13. The molecule has 4 nitrogen and oxygen atoms in total. The van der Waals surface area contributed by atoms with Crippen molar-refractivity contribution in [3.8, 4) is 0 Å². The predicted octanol–water partition coefficient (Wildman–Crippen LogP) is 2.50. The Morgan fingerprint density at radius 3 is 2.72 bits per heavy atom. The highest BCUT2D eigenvalue weighted by Gasteiger charge is 2.06. The van der Waals surface area contributed by atoms with Gasteiger partial charge in [0, 0.05) is 19.6 Å². The molecule has 0 aliphatic heterocycles. The van der Waals surface area contributed by atoms with Gasteiger partial charge in [-0.2, -0.15) is 0 Å². The molecule has 2 N–H and O–H groups in total. The molecule has 0 spiro atoms. The van der Waals surface area contributed by atoms with Gasteiger partial charge < -0.3 is 15.3 Å². The molecule has 4 heteroatoms. The second kappa shape index (κ2) is 8.75. The third-order valence-electron chi connectivity index (χ3n) is 2.82. The van der Waals surface area contributed by atoms with E-state index in [1.165, 1.54) is 0 Å². The molecular formula is C14H25N3O. The normalized spacial score (nSPS) is 10.4. The minimum atomic E-state index is 0.177. The maximum Gasteiger partial charge on any atom is 0.0606 e. The van der Waals surface area contributed by atoms with Gasteiger partial charge in [-0.05, 0) is 18.9 Å². The molecule has 18 heavy (non-hydrogen) atoms. The highest BCUT2D eigenvalue weighted by atomic mass is 16.3. The molecule has 0 saturated carbocycles. The fourth-order valence-electron chi connectivity index (χ4n) is 1.81. The number of rotatable bonds is 9. The highest BCUT2D eigenvalue weighted by Crippen LogP contribution is 2.18. The number of aromatic nitrogens is 1. The van der Waals surface area contributed by atoms with E-state index in [1.807, 2.05) is 12.4 Å². The van der Waals surface area contributed by atoms with Crippen LogP contribution >= 0.6 is 0 Å². The molecular weight excluding hydrogens is 226 g/mol. The summed E-state index contributed by atoms with van der Waals surface area (Å²) in [6.45, 7) is 7.09. The van der Waals surface area contributed by atoms with Gasteiger partial charge in [0.15, 0.2) is 0 Å². The molecule has 0 unspecified atom stereocenters. The molecule has 0 atom stereocenters. The Bertz CT molecular complexity index is 331. The largest absolute Gasteiger partial charge is 0.395 e. The number of unbranched alkanes of at least 4 members (excludes halogenated alkanes) is 1. The van der Waals surface area contributed by atoms with Crippen LogP contribution in [-0.2, 0) is 0 Å². The smallest absolute Gasteiger partial charge is 0.0606 e. The van der Waals surface area contributed by atoms with Gasteiger partial charge >= 0.3 is 0 Å². The third kappa shape index (κ3) is 4.92. The summed E-state index contributed by atoms with van der Waals surface area (Å²) in [5, 5.41) is 12.5. The third-order valence-corrected chi connectivity index (χ3v) is 2.82. The van der Waals surface area contributed by atoms with E-state index in [9.17, 15) is 0 Å². The number of nitrogens with one attached hydrogen (secondary N) is 1. The van der Waals surface area contributed by atoms with E-state index in [0.29, 0.717) is 6.54 Å². The molecule has 0 aromatic carbocycles. The molecule has 0 saturated heterocycles. The summed E-state index contributed by atoms with van der Waals surface area (Å²) in [6.07, 6.45) is 7.09. The molecule has 0 aliphatic rings. The van der Waals surface area contributed by atoms with E-state index in [4.69, 9.17) is 5.11 Å². The Morgan fingerprint density at radius 1 is 1.22 bits per heavy atom. The summed E-state index contributed by atoms with van der Waals surface area (Å²) >= 11 is 0. The summed E-state index contributed by atoms with van der Waals surface area (Å²) in [5.74, 6) is 0. The van der Waals surface area contributed by atoms with Crippen molar-refractivity contribution < 1.29 is 5.11 Å². The minimum absolute atomic E-state index is 0.177. The average Bonchev–Trinajstić information content (AvgIpc) is 2.41. The standard InChI is InChI=1S/C14H25N3O/c1-3-5-7-17(8-9-18)14-10-13(11-15-12-14)16-6-4-2/h10-12,16,18H,3-9H2,1-2H3. The van der Waals surface area contributed by atoms with Crippen LogP contribution in [0.2, 0.25) is 0 Å². The lowest BCUT2D eigenvalue weighted by molar-refractivity contribution is 0.301. The van der Waals surface area contributed by atoms with Gasteiger partial charge in [0.05, 0.1) is 30.4 Å². The van der Waals surface area contributed by atoms with E-state index in [0.717, 1.165) is 43.7 Å². The van der Waals surface area contributed by atoms with Crippen molar-refractivity contribution >= 4 is 11.4 Å². The van der Waals surface area contributed by atoms with Crippen LogP contribution < -0.4 is 10.2 Å². The molecule has 0 aliphatic carbocycles. The quantitative estimate of drug-likeness (QED) is 0.708.